The fraction of sp³-hybridized carbons (Fsp3) is 0.450. The molecular weight excluding hydrogens is 286 g/mol. The molecule has 3 heteroatoms. The molecule has 0 spiro atoms. The Morgan fingerprint density at radius 2 is 2.00 bits per heavy atom. The van der Waals surface area contributed by atoms with Gasteiger partial charge in [0.25, 0.3) is 0 Å². The minimum absolute atomic E-state index is 0.0386. The lowest BCUT2D eigenvalue weighted by atomic mass is 9.88. The first kappa shape index (κ1) is 16.0. The van der Waals surface area contributed by atoms with E-state index in [1.54, 1.807) is 6.92 Å². The van der Waals surface area contributed by atoms with Crippen molar-refractivity contribution in [2.24, 2.45) is 0 Å². The number of hydrogen-bond donors (Lipinski definition) is 1. The van der Waals surface area contributed by atoms with Gasteiger partial charge in [0.05, 0.1) is 12.2 Å². The van der Waals surface area contributed by atoms with Gasteiger partial charge >= 0.3 is 0 Å². The number of carbonyl (C=O) groups excluding carboxylic acids is 1. The molecule has 2 aromatic rings. The Hall–Kier alpha value is -1.87. The molecule has 0 radical (unpaired) electrons. The fourth-order valence-corrected chi connectivity index (χ4v) is 3.70. The quantitative estimate of drug-likeness (QED) is 0.918. The summed E-state index contributed by atoms with van der Waals surface area (Å²) in [4.78, 5) is 11.5. The summed E-state index contributed by atoms with van der Waals surface area (Å²) < 4.78 is 6.37. The minimum atomic E-state index is 0.0386. The Kier molecular flexibility index (Phi) is 4.67. The van der Waals surface area contributed by atoms with E-state index >= 15 is 0 Å². The van der Waals surface area contributed by atoms with Gasteiger partial charge in [0.1, 0.15) is 0 Å². The molecule has 1 fully saturated rings. The van der Waals surface area contributed by atoms with Gasteiger partial charge in [-0.25, -0.2) is 0 Å². The van der Waals surface area contributed by atoms with Crippen molar-refractivity contribution in [3.8, 4) is 0 Å². The van der Waals surface area contributed by atoms with Crippen LogP contribution in [0, 0.1) is 6.92 Å². The third-order valence-corrected chi connectivity index (χ3v) is 4.78. The lowest BCUT2D eigenvalue weighted by Crippen LogP contribution is -2.42. The number of hydrogen-bond acceptors (Lipinski definition) is 2. The average molecular weight is 311 g/mol. The molecule has 0 aromatic heterocycles. The average Bonchev–Trinajstić information content (AvgIpc) is 2.53. The molecule has 2 aromatic carbocycles. The molecule has 1 aliphatic rings. The van der Waals surface area contributed by atoms with E-state index in [9.17, 15) is 4.79 Å². The summed E-state index contributed by atoms with van der Waals surface area (Å²) in [6, 6.07) is 13.0. The van der Waals surface area contributed by atoms with E-state index in [4.69, 9.17) is 4.74 Å². The Morgan fingerprint density at radius 1 is 1.22 bits per heavy atom. The maximum atomic E-state index is 11.5. The molecule has 1 aliphatic heterocycles. The van der Waals surface area contributed by atoms with Crippen molar-refractivity contribution in [1.29, 1.82) is 0 Å². The molecular formula is C20H25NO2. The molecule has 1 N–H and O–H groups in total. The zero-order chi connectivity index (χ0) is 16.4. The van der Waals surface area contributed by atoms with Crippen LogP contribution in [0.5, 0.6) is 0 Å². The van der Waals surface area contributed by atoms with E-state index < -0.39 is 0 Å². The smallest absolute Gasteiger partial charge is 0.217 e. The molecule has 1 amide bonds. The van der Waals surface area contributed by atoms with Crippen LogP contribution in [0.1, 0.15) is 50.3 Å². The highest BCUT2D eigenvalue weighted by atomic mass is 16.5. The van der Waals surface area contributed by atoms with Crippen LogP contribution >= 0.6 is 0 Å². The Morgan fingerprint density at radius 3 is 2.74 bits per heavy atom. The number of carbonyl (C=O) groups is 1. The normalized spacial score (nSPS) is 24.6. The zero-order valence-corrected chi connectivity index (χ0v) is 14.1. The molecule has 0 bridgehead atoms. The van der Waals surface area contributed by atoms with Gasteiger partial charge in [-0.15, -0.1) is 0 Å². The summed E-state index contributed by atoms with van der Waals surface area (Å²) in [5, 5.41) is 5.60. The molecule has 0 saturated carbocycles. The van der Waals surface area contributed by atoms with Crippen LogP contribution in [0.2, 0.25) is 0 Å². The van der Waals surface area contributed by atoms with Crippen molar-refractivity contribution in [3.05, 3.63) is 47.5 Å². The summed E-state index contributed by atoms with van der Waals surface area (Å²) >= 11 is 0. The first-order valence-corrected chi connectivity index (χ1v) is 8.49. The Labute approximate surface area is 138 Å². The number of ether oxygens (including phenoxy) is 1. The second kappa shape index (κ2) is 6.71. The topological polar surface area (TPSA) is 38.3 Å². The van der Waals surface area contributed by atoms with E-state index in [0.29, 0.717) is 0 Å². The molecule has 3 nitrogen and oxygen atoms in total. The second-order valence-electron chi connectivity index (χ2n) is 6.54. The zero-order valence-electron chi connectivity index (χ0n) is 14.1. The third-order valence-electron chi connectivity index (χ3n) is 4.78. The van der Waals surface area contributed by atoms with Crippen molar-refractivity contribution in [2.45, 2.75) is 58.3 Å². The van der Waals surface area contributed by atoms with Gasteiger partial charge in [-0.3, -0.25) is 4.79 Å². The summed E-state index contributed by atoms with van der Waals surface area (Å²) in [6.07, 6.45) is 2.94. The largest absolute Gasteiger partial charge is 0.370 e. The Balaban J connectivity index is 1.99. The van der Waals surface area contributed by atoms with E-state index in [2.05, 4.69) is 55.6 Å². The van der Waals surface area contributed by atoms with Crippen LogP contribution in [0.15, 0.2) is 36.4 Å². The van der Waals surface area contributed by atoms with Crippen LogP contribution in [-0.4, -0.2) is 18.1 Å². The predicted molar refractivity (Wildman–Crippen MR) is 93.4 cm³/mol. The first-order valence-electron chi connectivity index (χ1n) is 8.49. The van der Waals surface area contributed by atoms with Gasteiger partial charge in [-0.2, -0.15) is 0 Å². The number of amides is 1. The van der Waals surface area contributed by atoms with E-state index in [1.807, 2.05) is 0 Å². The lowest BCUT2D eigenvalue weighted by molar-refractivity contribution is -0.122. The summed E-state index contributed by atoms with van der Waals surface area (Å²) in [6.45, 7) is 5.89. The van der Waals surface area contributed by atoms with Crippen molar-refractivity contribution in [3.63, 3.8) is 0 Å². The second-order valence-corrected chi connectivity index (χ2v) is 6.54. The SMILES string of the molecule is CC[C@@H]1C[C@H](NC(C)=O)C[C@H](c2c(C)ccc3ccccc23)O1. The molecule has 23 heavy (non-hydrogen) atoms. The molecule has 1 heterocycles. The summed E-state index contributed by atoms with van der Waals surface area (Å²) in [7, 11) is 0. The monoisotopic (exact) mass is 311 g/mol. The maximum Gasteiger partial charge on any atom is 0.217 e. The third kappa shape index (κ3) is 3.40. The highest BCUT2D eigenvalue weighted by molar-refractivity contribution is 5.87. The van der Waals surface area contributed by atoms with E-state index in [1.165, 1.54) is 21.9 Å². The van der Waals surface area contributed by atoms with Gasteiger partial charge in [0.2, 0.25) is 5.91 Å². The van der Waals surface area contributed by atoms with Gasteiger partial charge in [-0.05, 0) is 48.1 Å². The van der Waals surface area contributed by atoms with Crippen molar-refractivity contribution in [1.82, 2.24) is 5.32 Å². The van der Waals surface area contributed by atoms with Gasteiger partial charge in [-0.1, -0.05) is 43.3 Å². The molecule has 122 valence electrons. The summed E-state index contributed by atoms with van der Waals surface area (Å²) in [5.74, 6) is 0.0418. The van der Waals surface area contributed by atoms with Gasteiger partial charge < -0.3 is 10.1 Å². The summed E-state index contributed by atoms with van der Waals surface area (Å²) in [5.41, 5.74) is 2.53. The number of rotatable bonds is 3. The van der Waals surface area contributed by atoms with Crippen molar-refractivity contribution < 1.29 is 9.53 Å². The molecule has 3 rings (SSSR count). The van der Waals surface area contributed by atoms with Gasteiger partial charge in [0.15, 0.2) is 0 Å². The van der Waals surface area contributed by atoms with Crippen LogP contribution in [0.3, 0.4) is 0 Å². The van der Waals surface area contributed by atoms with Crippen LogP contribution < -0.4 is 5.32 Å². The van der Waals surface area contributed by atoms with Crippen molar-refractivity contribution in [2.75, 3.05) is 0 Å². The maximum absolute atomic E-state index is 11.5. The minimum Gasteiger partial charge on any atom is -0.370 e. The number of benzene rings is 2. The van der Waals surface area contributed by atoms with E-state index in [0.717, 1.165) is 19.3 Å². The molecule has 3 atom stereocenters. The highest BCUT2D eigenvalue weighted by Gasteiger charge is 2.31. The fourth-order valence-electron chi connectivity index (χ4n) is 3.70. The van der Waals surface area contributed by atoms with E-state index in [-0.39, 0.29) is 24.2 Å². The number of aryl methyl sites for hydroxylation is 1. The Bertz CT molecular complexity index is 710. The highest BCUT2D eigenvalue weighted by Crippen LogP contribution is 2.37. The van der Waals surface area contributed by atoms with Gasteiger partial charge in [0, 0.05) is 13.0 Å². The van der Waals surface area contributed by atoms with Crippen LogP contribution in [0.25, 0.3) is 10.8 Å². The number of nitrogens with one attached hydrogen (secondary N) is 1. The predicted octanol–water partition coefficient (Wildman–Crippen LogP) is 4.28. The standard InChI is InChI=1S/C20H25NO2/c1-4-17-11-16(21-14(3)22)12-19(23-17)20-13(2)9-10-15-7-5-6-8-18(15)20/h5-10,16-17,19H,4,11-12H2,1-3H3,(H,21,22)/t16-,17+,19+/m0/s1. The lowest BCUT2D eigenvalue weighted by Gasteiger charge is -2.36. The van der Waals surface area contributed by atoms with Crippen LogP contribution in [-0.2, 0) is 9.53 Å². The van der Waals surface area contributed by atoms with Crippen molar-refractivity contribution >= 4 is 16.7 Å². The van der Waals surface area contributed by atoms with Crippen LogP contribution in [0.4, 0.5) is 0 Å². The first-order chi connectivity index (χ1) is 11.1. The molecule has 0 aliphatic carbocycles. The molecule has 0 unspecified atom stereocenters. The molecule has 1 saturated heterocycles. The number of fused-ring (bicyclic) bond motifs is 1.